The van der Waals surface area contributed by atoms with Crippen LogP contribution in [0.4, 0.5) is 0 Å². The molecule has 3 aromatic rings. The van der Waals surface area contributed by atoms with Crippen molar-refractivity contribution in [2.75, 3.05) is 18.8 Å². The Morgan fingerprint density at radius 2 is 1.74 bits per heavy atom. The lowest BCUT2D eigenvalue weighted by Crippen LogP contribution is -2.43. The average Bonchev–Trinajstić information content (AvgIpc) is 2.77. The number of rotatable bonds is 5. The van der Waals surface area contributed by atoms with Crippen molar-refractivity contribution in [1.82, 2.24) is 14.5 Å². The van der Waals surface area contributed by atoms with Gasteiger partial charge in [-0.2, -0.15) is 0 Å². The second-order valence-corrected chi connectivity index (χ2v) is 9.55. The van der Waals surface area contributed by atoms with Crippen molar-refractivity contribution >= 4 is 28.6 Å². The maximum absolute atomic E-state index is 13.4. The summed E-state index contributed by atoms with van der Waals surface area (Å²) in [6.07, 6.45) is 2.10. The molecule has 0 saturated carbocycles. The topological polar surface area (TPSA) is 55.2 Å². The summed E-state index contributed by atoms with van der Waals surface area (Å²) in [7, 11) is 0. The number of hydrogen-bond acceptors (Lipinski definition) is 4. The normalized spacial score (nSPS) is 19.0. The summed E-state index contributed by atoms with van der Waals surface area (Å²) >= 11 is 1.35. The molecule has 1 amide bonds. The van der Waals surface area contributed by atoms with Crippen molar-refractivity contribution in [2.45, 2.75) is 38.8 Å². The lowest BCUT2D eigenvalue weighted by Gasteiger charge is -2.35. The molecule has 2 atom stereocenters. The van der Waals surface area contributed by atoms with Crippen LogP contribution in [0.2, 0.25) is 0 Å². The summed E-state index contributed by atoms with van der Waals surface area (Å²) in [5, 5.41) is 1.14. The molecule has 1 fully saturated rings. The molecule has 0 unspecified atom stereocenters. The molecule has 1 aliphatic heterocycles. The summed E-state index contributed by atoms with van der Waals surface area (Å²) in [6, 6.07) is 15.4. The molecule has 1 aliphatic rings. The fourth-order valence-corrected chi connectivity index (χ4v) is 5.32. The highest BCUT2D eigenvalue weighted by molar-refractivity contribution is 7.99. The number of aryl methyl sites for hydroxylation is 1. The fourth-order valence-electron chi connectivity index (χ4n) is 4.40. The highest BCUT2D eigenvalue weighted by Gasteiger charge is 2.26. The van der Waals surface area contributed by atoms with Crippen molar-refractivity contribution < 1.29 is 4.79 Å². The van der Waals surface area contributed by atoms with Crippen LogP contribution in [0.5, 0.6) is 0 Å². The number of carbonyl (C=O) groups excluding carboxylic acids is 1. The van der Waals surface area contributed by atoms with Crippen molar-refractivity contribution in [3.05, 3.63) is 64.4 Å². The van der Waals surface area contributed by atoms with Gasteiger partial charge in [0.05, 0.1) is 22.3 Å². The molecule has 162 valence electrons. The van der Waals surface area contributed by atoms with Gasteiger partial charge in [0.25, 0.3) is 5.56 Å². The number of thioether (sulfide) groups is 1. The summed E-state index contributed by atoms with van der Waals surface area (Å²) in [5.41, 5.74) is 2.54. The number of piperidine rings is 1. The predicted octanol–water partition coefficient (Wildman–Crippen LogP) is 4.54. The third kappa shape index (κ3) is 4.69. The first-order valence-corrected chi connectivity index (χ1v) is 12.0. The van der Waals surface area contributed by atoms with E-state index in [-0.39, 0.29) is 17.2 Å². The Bertz CT molecular complexity index is 1130. The largest absolute Gasteiger partial charge is 0.341 e. The van der Waals surface area contributed by atoms with Gasteiger partial charge in [0.2, 0.25) is 5.91 Å². The van der Waals surface area contributed by atoms with E-state index in [4.69, 9.17) is 4.98 Å². The molecule has 1 aromatic heterocycles. The maximum atomic E-state index is 13.4. The van der Waals surface area contributed by atoms with Crippen LogP contribution in [0.3, 0.4) is 0 Å². The van der Waals surface area contributed by atoms with Gasteiger partial charge in [-0.05, 0) is 54.5 Å². The van der Waals surface area contributed by atoms with Crippen LogP contribution in [0.25, 0.3) is 16.6 Å². The highest BCUT2D eigenvalue weighted by Crippen LogP contribution is 2.25. The molecule has 5 nitrogen and oxygen atoms in total. The number of fused-ring (bicyclic) bond motifs is 1. The molecular formula is C25H29N3O2S. The van der Waals surface area contributed by atoms with Crippen LogP contribution in [-0.4, -0.2) is 39.2 Å². The van der Waals surface area contributed by atoms with E-state index < -0.39 is 0 Å². The van der Waals surface area contributed by atoms with Crippen molar-refractivity contribution in [2.24, 2.45) is 11.8 Å². The first-order chi connectivity index (χ1) is 15.0. The molecule has 0 aliphatic carbocycles. The Balaban J connectivity index is 1.67. The smallest absolute Gasteiger partial charge is 0.266 e. The summed E-state index contributed by atoms with van der Waals surface area (Å²) in [5.74, 6) is 1.43. The monoisotopic (exact) mass is 435 g/mol. The number of amides is 1. The van der Waals surface area contributed by atoms with Gasteiger partial charge < -0.3 is 4.90 Å². The maximum Gasteiger partial charge on any atom is 0.266 e. The summed E-state index contributed by atoms with van der Waals surface area (Å²) < 4.78 is 1.64. The number of para-hydroxylation sites is 1. The van der Waals surface area contributed by atoms with Crippen LogP contribution in [0, 0.1) is 11.8 Å². The van der Waals surface area contributed by atoms with Gasteiger partial charge in [-0.25, -0.2) is 4.98 Å². The second-order valence-electron chi connectivity index (χ2n) is 8.61. The molecule has 4 rings (SSSR count). The van der Waals surface area contributed by atoms with E-state index in [0.29, 0.717) is 27.9 Å². The molecule has 0 spiro atoms. The van der Waals surface area contributed by atoms with Crippen molar-refractivity contribution in [3.63, 3.8) is 0 Å². The highest BCUT2D eigenvalue weighted by atomic mass is 32.2. The van der Waals surface area contributed by atoms with Gasteiger partial charge in [0.15, 0.2) is 5.16 Å². The molecule has 2 aromatic carbocycles. The van der Waals surface area contributed by atoms with E-state index in [0.717, 1.165) is 31.6 Å². The molecule has 0 bridgehead atoms. The van der Waals surface area contributed by atoms with Crippen LogP contribution in [0.1, 0.15) is 32.8 Å². The Morgan fingerprint density at radius 3 is 2.42 bits per heavy atom. The minimum atomic E-state index is -0.106. The molecule has 2 heterocycles. The van der Waals surface area contributed by atoms with Crippen LogP contribution < -0.4 is 5.56 Å². The van der Waals surface area contributed by atoms with E-state index in [1.165, 1.54) is 17.3 Å². The quantitative estimate of drug-likeness (QED) is 0.436. The number of carbonyl (C=O) groups is 1. The number of nitrogens with zero attached hydrogens (tertiary/aromatic N) is 3. The Morgan fingerprint density at radius 1 is 1.06 bits per heavy atom. The van der Waals surface area contributed by atoms with E-state index in [9.17, 15) is 9.59 Å². The average molecular weight is 436 g/mol. The zero-order chi connectivity index (χ0) is 22.0. The minimum Gasteiger partial charge on any atom is -0.341 e. The zero-order valence-corrected chi connectivity index (χ0v) is 19.2. The minimum absolute atomic E-state index is 0.106. The van der Waals surface area contributed by atoms with E-state index in [2.05, 4.69) is 20.8 Å². The number of hydrogen-bond donors (Lipinski definition) is 0. The van der Waals surface area contributed by atoms with Crippen LogP contribution >= 0.6 is 11.8 Å². The third-order valence-electron chi connectivity index (χ3n) is 5.89. The van der Waals surface area contributed by atoms with E-state index in [1.807, 2.05) is 47.4 Å². The Labute approximate surface area is 187 Å². The van der Waals surface area contributed by atoms with Crippen LogP contribution in [-0.2, 0) is 11.2 Å². The van der Waals surface area contributed by atoms with Gasteiger partial charge in [0, 0.05) is 13.1 Å². The fraction of sp³-hybridized carbons (Fsp3) is 0.400. The molecule has 1 saturated heterocycles. The molecule has 0 N–H and O–H groups in total. The first-order valence-electron chi connectivity index (χ1n) is 11.0. The second kappa shape index (κ2) is 9.27. The number of likely N-dealkylation sites (tertiary alicyclic amines) is 1. The lowest BCUT2D eigenvalue weighted by molar-refractivity contribution is -0.130. The summed E-state index contributed by atoms with van der Waals surface area (Å²) in [4.78, 5) is 33.0. The van der Waals surface area contributed by atoms with Gasteiger partial charge in [-0.1, -0.05) is 56.8 Å². The molecule has 0 radical (unpaired) electrons. The molecular weight excluding hydrogens is 406 g/mol. The predicted molar refractivity (Wildman–Crippen MR) is 127 cm³/mol. The van der Waals surface area contributed by atoms with E-state index >= 15 is 0 Å². The van der Waals surface area contributed by atoms with Crippen LogP contribution in [0.15, 0.2) is 58.5 Å². The van der Waals surface area contributed by atoms with Gasteiger partial charge in [-0.3, -0.25) is 14.2 Å². The van der Waals surface area contributed by atoms with Crippen molar-refractivity contribution in [1.29, 1.82) is 0 Å². The SMILES string of the molecule is CCc1ccc(-n2c(SCC(=O)N3C[C@H](C)C[C@H](C)C3)nc3ccccc3c2=O)cc1. The standard InChI is InChI=1S/C25H29N3O2S/c1-4-19-9-11-20(12-10-19)28-24(30)21-7-5-6-8-22(21)26-25(28)31-16-23(29)27-14-17(2)13-18(3)15-27/h5-12,17-18H,4,13-16H2,1-3H3/t17-,18+. The van der Waals surface area contributed by atoms with Gasteiger partial charge >= 0.3 is 0 Å². The summed E-state index contributed by atoms with van der Waals surface area (Å²) in [6.45, 7) is 8.12. The Hall–Kier alpha value is -2.60. The van der Waals surface area contributed by atoms with Crippen molar-refractivity contribution in [3.8, 4) is 5.69 Å². The molecule has 31 heavy (non-hydrogen) atoms. The first kappa shape index (κ1) is 21.6. The Kier molecular flexibility index (Phi) is 6.46. The number of aromatic nitrogens is 2. The number of benzene rings is 2. The zero-order valence-electron chi connectivity index (χ0n) is 18.4. The van der Waals surface area contributed by atoms with Gasteiger partial charge in [-0.15, -0.1) is 0 Å². The lowest BCUT2D eigenvalue weighted by atomic mass is 9.92. The van der Waals surface area contributed by atoms with Gasteiger partial charge in [0.1, 0.15) is 0 Å². The molecule has 6 heteroatoms. The third-order valence-corrected chi connectivity index (χ3v) is 6.82. The van der Waals surface area contributed by atoms with E-state index in [1.54, 1.807) is 10.6 Å².